The van der Waals surface area contributed by atoms with Crippen LogP contribution in [-0.2, 0) is 14.3 Å². The van der Waals surface area contributed by atoms with Gasteiger partial charge in [-0.2, -0.15) is 0 Å². The van der Waals surface area contributed by atoms with Crippen LogP contribution in [0, 0.1) is 6.92 Å². The molecule has 0 unspecified atom stereocenters. The lowest BCUT2D eigenvalue weighted by atomic mass is 10.1. The van der Waals surface area contributed by atoms with Crippen LogP contribution in [0.4, 0.5) is 16.2 Å². The lowest BCUT2D eigenvalue weighted by Gasteiger charge is -2.37. The van der Waals surface area contributed by atoms with Gasteiger partial charge in [0.1, 0.15) is 11.2 Å². The van der Waals surface area contributed by atoms with Gasteiger partial charge in [0.05, 0.1) is 6.42 Å². The maximum absolute atomic E-state index is 12.2. The van der Waals surface area contributed by atoms with Crippen LogP contribution in [0.2, 0.25) is 0 Å². The molecule has 0 saturated carbocycles. The van der Waals surface area contributed by atoms with Crippen molar-refractivity contribution in [3.05, 3.63) is 23.8 Å². The molecule has 1 N–H and O–H groups in total. The smallest absolute Gasteiger partial charge is 0.410 e. The van der Waals surface area contributed by atoms with E-state index in [1.54, 1.807) is 4.90 Å². The van der Waals surface area contributed by atoms with Crippen LogP contribution in [0.15, 0.2) is 18.2 Å². The molecule has 7 nitrogen and oxygen atoms in total. The molecule has 1 fully saturated rings. The Morgan fingerprint density at radius 2 is 1.57 bits per heavy atom. The second-order valence-electron chi connectivity index (χ2n) is 9.72. The van der Waals surface area contributed by atoms with Gasteiger partial charge in [-0.15, -0.1) is 0 Å². The van der Waals surface area contributed by atoms with Crippen molar-refractivity contribution >= 4 is 23.4 Å². The number of hydrogen-bond acceptors (Lipinski definition) is 6. The van der Waals surface area contributed by atoms with Gasteiger partial charge >= 0.3 is 12.1 Å². The summed E-state index contributed by atoms with van der Waals surface area (Å²) in [6.45, 7) is 16.7. The van der Waals surface area contributed by atoms with Crippen molar-refractivity contribution in [2.75, 3.05) is 42.9 Å². The summed E-state index contributed by atoms with van der Waals surface area (Å²) in [5.41, 5.74) is 2.37. The normalized spacial score (nSPS) is 15.0. The molecule has 168 valence electrons. The number of aryl methyl sites for hydroxylation is 1. The quantitative estimate of drug-likeness (QED) is 0.722. The minimum absolute atomic E-state index is 0.203. The second kappa shape index (κ2) is 9.58. The van der Waals surface area contributed by atoms with Gasteiger partial charge in [0.15, 0.2) is 0 Å². The molecule has 1 aliphatic rings. The lowest BCUT2D eigenvalue weighted by molar-refractivity contribution is -0.154. The van der Waals surface area contributed by atoms with Crippen molar-refractivity contribution in [3.63, 3.8) is 0 Å². The Kier molecular flexibility index (Phi) is 7.61. The van der Waals surface area contributed by atoms with Crippen LogP contribution >= 0.6 is 0 Å². The molecule has 1 heterocycles. The summed E-state index contributed by atoms with van der Waals surface area (Å²) in [6.07, 6.45) is 0.0773. The number of anilines is 2. The predicted molar refractivity (Wildman–Crippen MR) is 120 cm³/mol. The Hall–Kier alpha value is -2.44. The summed E-state index contributed by atoms with van der Waals surface area (Å²) < 4.78 is 10.8. The van der Waals surface area contributed by atoms with E-state index < -0.39 is 11.2 Å². The molecule has 1 saturated heterocycles. The molecule has 0 aliphatic carbocycles. The van der Waals surface area contributed by atoms with Crippen molar-refractivity contribution in [1.29, 1.82) is 0 Å². The molecule has 1 aromatic carbocycles. The van der Waals surface area contributed by atoms with Crippen molar-refractivity contribution < 1.29 is 19.1 Å². The monoisotopic (exact) mass is 419 g/mol. The summed E-state index contributed by atoms with van der Waals surface area (Å²) in [7, 11) is 0. The van der Waals surface area contributed by atoms with Crippen LogP contribution in [-0.4, -0.2) is 60.9 Å². The zero-order chi connectivity index (χ0) is 22.5. The minimum Gasteiger partial charge on any atom is -0.460 e. The number of nitrogens with zero attached hydrogens (tertiary/aromatic N) is 2. The minimum atomic E-state index is -0.475. The zero-order valence-electron chi connectivity index (χ0n) is 19.5. The summed E-state index contributed by atoms with van der Waals surface area (Å²) in [4.78, 5) is 28.1. The number of nitrogens with one attached hydrogen (secondary N) is 1. The number of carbonyl (C=O) groups excluding carboxylic acids is 2. The number of esters is 1. The fraction of sp³-hybridized carbons (Fsp3) is 0.652. The summed E-state index contributed by atoms with van der Waals surface area (Å²) in [6, 6.07) is 6.20. The predicted octanol–water partition coefficient (Wildman–Crippen LogP) is 4.20. The maximum Gasteiger partial charge on any atom is 0.410 e. The molecule has 0 aromatic heterocycles. The van der Waals surface area contributed by atoms with Crippen LogP contribution in [0.25, 0.3) is 0 Å². The Morgan fingerprint density at radius 3 is 2.10 bits per heavy atom. The van der Waals surface area contributed by atoms with Crippen molar-refractivity contribution in [3.8, 4) is 0 Å². The third-order valence-corrected chi connectivity index (χ3v) is 4.55. The van der Waals surface area contributed by atoms with Gasteiger partial charge in [-0.1, -0.05) is 0 Å². The van der Waals surface area contributed by atoms with E-state index in [1.807, 2.05) is 47.6 Å². The standard InChI is InChI=1S/C23H37N3O4/c1-17-16-18(24-11-10-20(27)29-22(2,3)4)8-9-19(17)25-12-14-26(15-13-25)21(28)30-23(5,6)7/h8-9,16,24H,10-15H2,1-7H3. The first-order valence-electron chi connectivity index (χ1n) is 10.6. The fourth-order valence-electron chi connectivity index (χ4n) is 3.28. The number of piperazine rings is 1. The number of ether oxygens (including phenoxy) is 2. The zero-order valence-corrected chi connectivity index (χ0v) is 19.5. The average molecular weight is 420 g/mol. The molecule has 1 amide bonds. The molecule has 1 aromatic rings. The molecule has 0 radical (unpaired) electrons. The first-order valence-corrected chi connectivity index (χ1v) is 10.6. The SMILES string of the molecule is Cc1cc(NCCC(=O)OC(C)(C)C)ccc1N1CCN(C(=O)OC(C)(C)C)CC1. The molecular formula is C23H37N3O4. The number of benzene rings is 1. The third-order valence-electron chi connectivity index (χ3n) is 4.55. The first-order chi connectivity index (χ1) is 13.8. The van der Waals surface area contributed by atoms with Gasteiger partial charge in [0.2, 0.25) is 0 Å². The van der Waals surface area contributed by atoms with Crippen molar-refractivity contribution in [1.82, 2.24) is 4.90 Å². The van der Waals surface area contributed by atoms with E-state index in [4.69, 9.17) is 9.47 Å². The molecule has 2 rings (SSSR count). The maximum atomic E-state index is 12.2. The first kappa shape index (κ1) is 23.8. The molecular weight excluding hydrogens is 382 g/mol. The Bertz CT molecular complexity index is 742. The molecule has 0 bridgehead atoms. The van der Waals surface area contributed by atoms with Gasteiger partial charge < -0.3 is 24.6 Å². The second-order valence-corrected chi connectivity index (χ2v) is 9.72. The van der Waals surface area contributed by atoms with E-state index in [1.165, 1.54) is 0 Å². The fourth-order valence-corrected chi connectivity index (χ4v) is 3.28. The highest BCUT2D eigenvalue weighted by Gasteiger charge is 2.26. The molecule has 0 atom stereocenters. The van der Waals surface area contributed by atoms with Gasteiger partial charge in [0.25, 0.3) is 0 Å². The lowest BCUT2D eigenvalue weighted by Crippen LogP contribution is -2.50. The van der Waals surface area contributed by atoms with E-state index in [0.29, 0.717) is 26.1 Å². The van der Waals surface area contributed by atoms with E-state index >= 15 is 0 Å². The third kappa shape index (κ3) is 7.76. The topological polar surface area (TPSA) is 71.1 Å². The molecule has 30 heavy (non-hydrogen) atoms. The van der Waals surface area contributed by atoms with Gasteiger partial charge in [-0.05, 0) is 72.2 Å². The van der Waals surface area contributed by atoms with Crippen LogP contribution in [0.1, 0.15) is 53.5 Å². The summed E-state index contributed by atoms with van der Waals surface area (Å²) >= 11 is 0. The van der Waals surface area contributed by atoms with Crippen LogP contribution in [0.5, 0.6) is 0 Å². The number of rotatable bonds is 5. The van der Waals surface area contributed by atoms with E-state index in [0.717, 1.165) is 30.0 Å². The molecule has 0 spiro atoms. The van der Waals surface area contributed by atoms with E-state index in [2.05, 4.69) is 29.3 Å². The average Bonchev–Trinajstić information content (AvgIpc) is 2.59. The van der Waals surface area contributed by atoms with Gasteiger partial charge in [0, 0.05) is 44.1 Å². The molecule has 1 aliphatic heterocycles. The van der Waals surface area contributed by atoms with E-state index in [9.17, 15) is 9.59 Å². The highest BCUT2D eigenvalue weighted by molar-refractivity contribution is 5.71. The van der Waals surface area contributed by atoms with Gasteiger partial charge in [-0.3, -0.25) is 4.79 Å². The van der Waals surface area contributed by atoms with Crippen LogP contribution in [0.3, 0.4) is 0 Å². The van der Waals surface area contributed by atoms with Crippen molar-refractivity contribution in [2.45, 2.75) is 66.1 Å². The highest BCUT2D eigenvalue weighted by atomic mass is 16.6. The van der Waals surface area contributed by atoms with Gasteiger partial charge in [-0.25, -0.2) is 4.79 Å². The Labute approximate surface area is 180 Å². The Morgan fingerprint density at radius 1 is 0.967 bits per heavy atom. The Balaban J connectivity index is 1.85. The number of hydrogen-bond donors (Lipinski definition) is 1. The molecule has 7 heteroatoms. The summed E-state index contributed by atoms with van der Waals surface area (Å²) in [5, 5.41) is 3.29. The largest absolute Gasteiger partial charge is 0.460 e. The highest BCUT2D eigenvalue weighted by Crippen LogP contribution is 2.25. The van der Waals surface area contributed by atoms with E-state index in [-0.39, 0.29) is 12.1 Å². The number of carbonyl (C=O) groups is 2. The van der Waals surface area contributed by atoms with Crippen LogP contribution < -0.4 is 10.2 Å². The summed E-state index contributed by atoms with van der Waals surface area (Å²) in [5.74, 6) is -0.203. The van der Waals surface area contributed by atoms with Crippen molar-refractivity contribution in [2.24, 2.45) is 0 Å². The number of amides is 1.